The molecule has 0 aromatic rings. The van der Waals surface area contributed by atoms with Crippen molar-refractivity contribution in [2.45, 2.75) is 25.4 Å². The molecule has 1 aliphatic heterocycles. The van der Waals surface area contributed by atoms with Crippen molar-refractivity contribution in [3.8, 4) is 0 Å². The van der Waals surface area contributed by atoms with Gasteiger partial charge < -0.3 is 4.74 Å². The molecule has 2 rings (SSSR count). The van der Waals surface area contributed by atoms with E-state index >= 15 is 0 Å². The average Bonchev–Trinajstić information content (AvgIpc) is 1.86. The summed E-state index contributed by atoms with van der Waals surface area (Å²) in [4.78, 5) is 10.8. The summed E-state index contributed by atoms with van der Waals surface area (Å²) in [5.41, 5.74) is 0. The number of carbonyl (C=O) groups is 1. The van der Waals surface area contributed by atoms with Crippen molar-refractivity contribution in [1.29, 1.82) is 0 Å². The number of rotatable bonds is 0. The van der Waals surface area contributed by atoms with Crippen molar-refractivity contribution in [3.05, 3.63) is 0 Å². The van der Waals surface area contributed by atoms with Crippen LogP contribution in [0.25, 0.3) is 0 Å². The van der Waals surface area contributed by atoms with E-state index in [9.17, 15) is 4.79 Å². The third-order valence-corrected chi connectivity index (χ3v) is 2.26. The van der Waals surface area contributed by atoms with Gasteiger partial charge in [0.1, 0.15) is 5.78 Å². The van der Waals surface area contributed by atoms with E-state index < -0.39 is 0 Å². The molecule has 0 bridgehead atoms. The Balaban J connectivity index is 2.01. The predicted octanol–water partition coefficient (Wildman–Crippen LogP) is 0.754. The molecule has 0 unspecified atom stereocenters. The SMILES string of the molecule is O=C1C[C@@H]2OCCC[C@@H]12. The van der Waals surface area contributed by atoms with E-state index in [1.54, 1.807) is 0 Å². The molecule has 1 aliphatic carbocycles. The quantitative estimate of drug-likeness (QED) is 0.479. The maximum absolute atomic E-state index is 10.8. The van der Waals surface area contributed by atoms with E-state index in [-0.39, 0.29) is 0 Å². The fourth-order valence-electron chi connectivity index (χ4n) is 1.60. The van der Waals surface area contributed by atoms with Crippen LogP contribution in [0.15, 0.2) is 0 Å². The van der Waals surface area contributed by atoms with Crippen LogP contribution in [-0.4, -0.2) is 18.5 Å². The molecular weight excluding hydrogens is 116 g/mol. The molecule has 2 nitrogen and oxygen atoms in total. The smallest absolute Gasteiger partial charge is 0.141 e. The standard InChI is InChI=1S/C7H10O2/c8-6-4-7-5(6)2-1-3-9-7/h5,7H,1-4H2/t5-,7-/m0/s1. The van der Waals surface area contributed by atoms with Gasteiger partial charge in [0.05, 0.1) is 6.10 Å². The molecule has 2 fully saturated rings. The van der Waals surface area contributed by atoms with Crippen LogP contribution in [0.4, 0.5) is 0 Å². The largest absolute Gasteiger partial charge is 0.377 e. The highest BCUT2D eigenvalue weighted by atomic mass is 16.5. The minimum Gasteiger partial charge on any atom is -0.377 e. The number of hydrogen-bond acceptors (Lipinski definition) is 2. The Labute approximate surface area is 54.2 Å². The predicted molar refractivity (Wildman–Crippen MR) is 32.1 cm³/mol. The number of ether oxygens (including phenoxy) is 1. The van der Waals surface area contributed by atoms with E-state index in [0.29, 0.717) is 24.2 Å². The highest BCUT2D eigenvalue weighted by Gasteiger charge is 2.41. The first-order valence-corrected chi connectivity index (χ1v) is 3.52. The van der Waals surface area contributed by atoms with Crippen LogP contribution in [0.2, 0.25) is 0 Å². The van der Waals surface area contributed by atoms with Gasteiger partial charge in [0.15, 0.2) is 0 Å². The maximum atomic E-state index is 10.8. The Morgan fingerprint density at radius 2 is 2.44 bits per heavy atom. The molecule has 0 aromatic carbocycles. The lowest BCUT2D eigenvalue weighted by Crippen LogP contribution is -2.46. The van der Waals surface area contributed by atoms with Gasteiger partial charge in [0.25, 0.3) is 0 Å². The molecule has 1 saturated heterocycles. The lowest BCUT2D eigenvalue weighted by molar-refractivity contribution is -0.152. The Bertz CT molecular complexity index is 142. The van der Waals surface area contributed by atoms with Crippen molar-refractivity contribution in [2.75, 3.05) is 6.61 Å². The molecule has 0 spiro atoms. The molecule has 0 N–H and O–H groups in total. The first-order valence-electron chi connectivity index (χ1n) is 3.52. The van der Waals surface area contributed by atoms with Crippen molar-refractivity contribution < 1.29 is 9.53 Å². The number of ketones is 1. The second kappa shape index (κ2) is 1.81. The first-order chi connectivity index (χ1) is 4.38. The van der Waals surface area contributed by atoms with Crippen LogP contribution in [-0.2, 0) is 9.53 Å². The van der Waals surface area contributed by atoms with Gasteiger partial charge in [-0.05, 0) is 12.8 Å². The number of carbonyl (C=O) groups excluding carboxylic acids is 1. The zero-order chi connectivity index (χ0) is 6.27. The number of fused-ring (bicyclic) bond motifs is 1. The highest BCUT2D eigenvalue weighted by Crippen LogP contribution is 2.33. The lowest BCUT2D eigenvalue weighted by atomic mass is 9.76. The van der Waals surface area contributed by atoms with Crippen LogP contribution in [0.3, 0.4) is 0 Å². The van der Waals surface area contributed by atoms with Gasteiger partial charge in [-0.1, -0.05) is 0 Å². The van der Waals surface area contributed by atoms with E-state index in [1.807, 2.05) is 0 Å². The summed E-state index contributed by atoms with van der Waals surface area (Å²) in [5.74, 6) is 0.707. The van der Waals surface area contributed by atoms with E-state index in [1.165, 1.54) is 0 Å². The Morgan fingerprint density at radius 3 is 3.00 bits per heavy atom. The minimum absolute atomic E-state index is 0.291. The van der Waals surface area contributed by atoms with Crippen molar-refractivity contribution in [3.63, 3.8) is 0 Å². The second-order valence-electron chi connectivity index (χ2n) is 2.83. The van der Waals surface area contributed by atoms with Gasteiger partial charge in [-0.3, -0.25) is 4.79 Å². The van der Waals surface area contributed by atoms with Crippen LogP contribution in [0.1, 0.15) is 19.3 Å². The normalized spacial score (nSPS) is 41.6. The van der Waals surface area contributed by atoms with Gasteiger partial charge >= 0.3 is 0 Å². The molecule has 0 amide bonds. The molecule has 0 radical (unpaired) electrons. The molecule has 50 valence electrons. The summed E-state index contributed by atoms with van der Waals surface area (Å²) in [6.45, 7) is 0.869. The summed E-state index contributed by atoms with van der Waals surface area (Å²) in [5, 5.41) is 0. The Morgan fingerprint density at radius 1 is 1.56 bits per heavy atom. The summed E-state index contributed by atoms with van der Waals surface area (Å²) in [7, 11) is 0. The maximum Gasteiger partial charge on any atom is 0.141 e. The van der Waals surface area contributed by atoms with E-state index in [0.717, 1.165) is 19.4 Å². The molecule has 9 heavy (non-hydrogen) atoms. The third kappa shape index (κ3) is 0.697. The van der Waals surface area contributed by atoms with Crippen molar-refractivity contribution in [1.82, 2.24) is 0 Å². The van der Waals surface area contributed by atoms with Crippen molar-refractivity contribution >= 4 is 5.78 Å². The molecular formula is C7H10O2. The van der Waals surface area contributed by atoms with Gasteiger partial charge in [0.2, 0.25) is 0 Å². The second-order valence-corrected chi connectivity index (χ2v) is 2.83. The zero-order valence-corrected chi connectivity index (χ0v) is 5.30. The van der Waals surface area contributed by atoms with Gasteiger partial charge in [0, 0.05) is 18.9 Å². The third-order valence-electron chi connectivity index (χ3n) is 2.26. The van der Waals surface area contributed by atoms with Crippen LogP contribution in [0, 0.1) is 5.92 Å². The summed E-state index contributed by atoms with van der Waals surface area (Å²) in [6, 6.07) is 0. The molecule has 1 heterocycles. The van der Waals surface area contributed by atoms with Crippen LogP contribution >= 0.6 is 0 Å². The van der Waals surface area contributed by atoms with Crippen LogP contribution < -0.4 is 0 Å². The van der Waals surface area contributed by atoms with Gasteiger partial charge in [-0.25, -0.2) is 0 Å². The topological polar surface area (TPSA) is 26.3 Å². The monoisotopic (exact) mass is 126 g/mol. The van der Waals surface area contributed by atoms with Crippen molar-refractivity contribution in [2.24, 2.45) is 5.92 Å². The van der Waals surface area contributed by atoms with Gasteiger partial charge in [-0.2, -0.15) is 0 Å². The first kappa shape index (κ1) is 5.42. The number of Topliss-reactive ketones (excluding diaryl/α,β-unsaturated/α-hetero) is 1. The summed E-state index contributed by atoms with van der Waals surface area (Å²) >= 11 is 0. The molecule has 2 atom stereocenters. The van der Waals surface area contributed by atoms with E-state index in [2.05, 4.69) is 0 Å². The lowest BCUT2D eigenvalue weighted by Gasteiger charge is -2.38. The summed E-state index contributed by atoms with van der Waals surface area (Å²) < 4.78 is 5.33. The molecule has 0 aromatic heterocycles. The molecule has 2 aliphatic rings. The molecule has 2 heteroatoms. The van der Waals surface area contributed by atoms with E-state index in [4.69, 9.17) is 4.74 Å². The fraction of sp³-hybridized carbons (Fsp3) is 0.857. The average molecular weight is 126 g/mol. The summed E-state index contributed by atoms with van der Waals surface area (Å²) in [6.07, 6.45) is 3.15. The minimum atomic E-state index is 0.291. The Hall–Kier alpha value is -0.370. The number of hydrogen-bond donors (Lipinski definition) is 0. The van der Waals surface area contributed by atoms with Crippen LogP contribution in [0.5, 0.6) is 0 Å². The fourth-order valence-corrected chi connectivity index (χ4v) is 1.60. The molecule has 1 saturated carbocycles. The zero-order valence-electron chi connectivity index (χ0n) is 5.30. The highest BCUT2D eigenvalue weighted by molar-refractivity contribution is 5.88. The Kier molecular flexibility index (Phi) is 1.09. The van der Waals surface area contributed by atoms with Gasteiger partial charge in [-0.15, -0.1) is 0 Å².